The number of halogens is 1. The van der Waals surface area contributed by atoms with Crippen LogP contribution in [0.2, 0.25) is 5.15 Å². The van der Waals surface area contributed by atoms with E-state index in [2.05, 4.69) is 11.1 Å². The van der Waals surface area contributed by atoms with Crippen LogP contribution in [0.3, 0.4) is 0 Å². The van der Waals surface area contributed by atoms with Gasteiger partial charge in [0.05, 0.1) is 20.3 Å². The van der Waals surface area contributed by atoms with Crippen molar-refractivity contribution in [3.8, 4) is 17.6 Å². The summed E-state index contributed by atoms with van der Waals surface area (Å²) in [6, 6.07) is 7.66. The van der Waals surface area contributed by atoms with Gasteiger partial charge >= 0.3 is 0 Å². The van der Waals surface area contributed by atoms with E-state index in [-0.39, 0.29) is 0 Å². The molecule has 0 saturated carbocycles. The number of aryl methyl sites for hydroxylation is 1. The highest BCUT2D eigenvalue weighted by molar-refractivity contribution is 6.30. The molecular formula is C14H13ClN2O2. The molecule has 0 unspecified atom stereocenters. The minimum atomic E-state index is 0.409. The number of ether oxygens (including phenoxy) is 2. The number of hydrogen-bond acceptors (Lipinski definition) is 4. The topological polar surface area (TPSA) is 55.1 Å². The molecule has 2 rings (SSSR count). The molecule has 0 amide bonds. The van der Waals surface area contributed by atoms with Crippen LogP contribution in [-0.2, 0) is 6.42 Å². The maximum Gasteiger partial charge on any atom is 0.148 e. The third kappa shape index (κ3) is 2.72. The number of fused-ring (bicyclic) bond motifs is 1. The quantitative estimate of drug-likeness (QED) is 0.804. The maximum atomic E-state index is 8.64. The van der Waals surface area contributed by atoms with Crippen LogP contribution in [0.1, 0.15) is 12.0 Å². The lowest BCUT2D eigenvalue weighted by atomic mass is 10.1. The second kappa shape index (κ2) is 5.77. The molecule has 1 aromatic carbocycles. The Morgan fingerprint density at radius 3 is 2.68 bits per heavy atom. The third-order valence-corrected chi connectivity index (χ3v) is 3.17. The fourth-order valence-electron chi connectivity index (χ4n) is 1.89. The SMILES string of the molecule is COc1cc(OC)c2nc(Cl)c(CCC#N)cc2c1. The van der Waals surface area contributed by atoms with Crippen molar-refractivity contribution in [3.63, 3.8) is 0 Å². The number of pyridine rings is 1. The van der Waals surface area contributed by atoms with Crippen LogP contribution < -0.4 is 9.47 Å². The van der Waals surface area contributed by atoms with E-state index in [1.807, 2.05) is 12.1 Å². The van der Waals surface area contributed by atoms with Crippen LogP contribution in [0.15, 0.2) is 18.2 Å². The first kappa shape index (κ1) is 13.4. The van der Waals surface area contributed by atoms with Gasteiger partial charge in [-0.1, -0.05) is 11.6 Å². The van der Waals surface area contributed by atoms with Gasteiger partial charge in [0, 0.05) is 17.9 Å². The van der Waals surface area contributed by atoms with Crippen molar-refractivity contribution in [3.05, 3.63) is 28.9 Å². The lowest BCUT2D eigenvalue weighted by Crippen LogP contribution is -1.94. The monoisotopic (exact) mass is 276 g/mol. The molecule has 0 saturated heterocycles. The van der Waals surface area contributed by atoms with Crippen LogP contribution in [-0.4, -0.2) is 19.2 Å². The number of hydrogen-bond donors (Lipinski definition) is 0. The maximum absolute atomic E-state index is 8.64. The molecular weight excluding hydrogens is 264 g/mol. The lowest BCUT2D eigenvalue weighted by molar-refractivity contribution is 0.397. The van der Waals surface area contributed by atoms with E-state index in [4.69, 9.17) is 26.3 Å². The molecule has 1 heterocycles. The molecule has 0 fully saturated rings. The summed E-state index contributed by atoms with van der Waals surface area (Å²) in [5.41, 5.74) is 1.54. The standard InChI is InChI=1S/C14H13ClN2O2/c1-18-11-7-10-6-9(4-3-5-16)14(15)17-13(10)12(8-11)19-2/h6-8H,3-4H2,1-2H3. The van der Waals surface area contributed by atoms with Crippen LogP contribution in [0, 0.1) is 11.3 Å². The van der Waals surface area contributed by atoms with Gasteiger partial charge in [-0.2, -0.15) is 5.26 Å². The smallest absolute Gasteiger partial charge is 0.148 e. The van der Waals surface area contributed by atoms with E-state index in [0.717, 1.165) is 10.9 Å². The van der Waals surface area contributed by atoms with Gasteiger partial charge < -0.3 is 9.47 Å². The predicted octanol–water partition coefficient (Wildman–Crippen LogP) is 3.36. The zero-order valence-electron chi connectivity index (χ0n) is 10.7. The Kier molecular flexibility index (Phi) is 4.08. The highest BCUT2D eigenvalue weighted by atomic mass is 35.5. The number of benzene rings is 1. The normalized spacial score (nSPS) is 10.2. The average molecular weight is 277 g/mol. The van der Waals surface area contributed by atoms with Crippen LogP contribution in [0.5, 0.6) is 11.5 Å². The van der Waals surface area contributed by atoms with E-state index in [0.29, 0.717) is 35.0 Å². The van der Waals surface area contributed by atoms with Crippen LogP contribution in [0.25, 0.3) is 10.9 Å². The molecule has 0 atom stereocenters. The van der Waals surface area contributed by atoms with Crippen molar-refractivity contribution in [2.75, 3.05) is 14.2 Å². The first-order chi connectivity index (χ1) is 9.19. The molecule has 0 aliphatic heterocycles. The van der Waals surface area contributed by atoms with Crippen molar-refractivity contribution in [1.29, 1.82) is 5.26 Å². The summed E-state index contributed by atoms with van der Waals surface area (Å²) in [5, 5.41) is 9.93. The zero-order valence-corrected chi connectivity index (χ0v) is 11.5. The second-order valence-corrected chi connectivity index (χ2v) is 4.36. The summed E-state index contributed by atoms with van der Waals surface area (Å²) in [7, 11) is 3.17. The Bertz CT molecular complexity index is 650. The van der Waals surface area contributed by atoms with E-state index in [1.165, 1.54) is 0 Å². The summed E-state index contributed by atoms with van der Waals surface area (Å²) in [4.78, 5) is 4.35. The fraction of sp³-hybridized carbons (Fsp3) is 0.286. The van der Waals surface area contributed by atoms with E-state index in [1.54, 1.807) is 20.3 Å². The molecule has 19 heavy (non-hydrogen) atoms. The molecule has 0 spiro atoms. The molecule has 0 N–H and O–H groups in total. The first-order valence-electron chi connectivity index (χ1n) is 5.77. The number of nitrogens with zero attached hydrogens (tertiary/aromatic N) is 2. The van der Waals surface area contributed by atoms with Crippen molar-refractivity contribution in [2.45, 2.75) is 12.8 Å². The minimum absolute atomic E-state index is 0.409. The molecule has 0 aliphatic carbocycles. The highest BCUT2D eigenvalue weighted by Gasteiger charge is 2.11. The van der Waals surface area contributed by atoms with Crippen LogP contribution in [0.4, 0.5) is 0 Å². The van der Waals surface area contributed by atoms with E-state index in [9.17, 15) is 0 Å². The lowest BCUT2D eigenvalue weighted by Gasteiger charge is -2.10. The summed E-state index contributed by atoms with van der Waals surface area (Å²) in [5.74, 6) is 1.31. The molecule has 0 bridgehead atoms. The predicted molar refractivity (Wildman–Crippen MR) is 73.8 cm³/mol. The zero-order chi connectivity index (χ0) is 13.8. The van der Waals surface area contributed by atoms with E-state index >= 15 is 0 Å². The second-order valence-electron chi connectivity index (χ2n) is 4.00. The molecule has 4 nitrogen and oxygen atoms in total. The highest BCUT2D eigenvalue weighted by Crippen LogP contribution is 2.32. The molecule has 0 radical (unpaired) electrons. The van der Waals surface area contributed by atoms with Gasteiger partial charge in [-0.3, -0.25) is 0 Å². The minimum Gasteiger partial charge on any atom is -0.497 e. The van der Waals surface area contributed by atoms with Gasteiger partial charge in [0.15, 0.2) is 0 Å². The van der Waals surface area contributed by atoms with E-state index < -0.39 is 0 Å². The Morgan fingerprint density at radius 1 is 1.26 bits per heavy atom. The Labute approximate surface area is 116 Å². The molecule has 0 aliphatic rings. The van der Waals surface area contributed by atoms with Gasteiger partial charge in [-0.25, -0.2) is 4.98 Å². The molecule has 98 valence electrons. The van der Waals surface area contributed by atoms with Crippen molar-refractivity contribution >= 4 is 22.5 Å². The number of rotatable bonds is 4. The van der Waals surface area contributed by atoms with Crippen molar-refractivity contribution < 1.29 is 9.47 Å². The molecule has 1 aromatic heterocycles. The Hall–Kier alpha value is -1.99. The summed E-state index contributed by atoms with van der Waals surface area (Å²) >= 11 is 6.13. The van der Waals surface area contributed by atoms with Gasteiger partial charge in [-0.05, 0) is 24.1 Å². The van der Waals surface area contributed by atoms with Crippen molar-refractivity contribution in [2.24, 2.45) is 0 Å². The Balaban J connectivity index is 2.60. The first-order valence-corrected chi connectivity index (χ1v) is 6.15. The average Bonchev–Trinajstić information content (AvgIpc) is 2.44. The largest absolute Gasteiger partial charge is 0.497 e. The molecule has 5 heteroatoms. The number of aromatic nitrogens is 1. The van der Waals surface area contributed by atoms with Gasteiger partial charge in [0.1, 0.15) is 22.2 Å². The number of nitriles is 1. The number of methoxy groups -OCH3 is 2. The fourth-order valence-corrected chi connectivity index (χ4v) is 2.12. The van der Waals surface area contributed by atoms with Gasteiger partial charge in [0.25, 0.3) is 0 Å². The Morgan fingerprint density at radius 2 is 2.05 bits per heavy atom. The van der Waals surface area contributed by atoms with Gasteiger partial charge in [0.2, 0.25) is 0 Å². The van der Waals surface area contributed by atoms with Gasteiger partial charge in [-0.15, -0.1) is 0 Å². The third-order valence-electron chi connectivity index (χ3n) is 2.84. The summed E-state index contributed by atoms with van der Waals surface area (Å²) < 4.78 is 10.5. The van der Waals surface area contributed by atoms with Crippen LogP contribution >= 0.6 is 11.6 Å². The summed E-state index contributed by atoms with van der Waals surface area (Å²) in [6.45, 7) is 0. The van der Waals surface area contributed by atoms with Crippen molar-refractivity contribution in [1.82, 2.24) is 4.98 Å². The molecule has 2 aromatic rings. The summed E-state index contributed by atoms with van der Waals surface area (Å²) in [6.07, 6.45) is 0.992.